The third kappa shape index (κ3) is 5.98. The monoisotopic (exact) mass is 611 g/mol. The second-order valence-electron chi connectivity index (χ2n) is 10.2. The molecule has 2 aliphatic heterocycles. The molecule has 16 nitrogen and oxygen atoms in total. The van der Waals surface area contributed by atoms with Gasteiger partial charge in [0.2, 0.25) is 12.0 Å². The number of rotatable bonds is 7. The number of aromatic hydroxyl groups is 4. The average Bonchev–Trinajstić information content (AvgIpc) is 2.97. The van der Waals surface area contributed by atoms with Crippen molar-refractivity contribution in [3.63, 3.8) is 0 Å². The van der Waals surface area contributed by atoms with E-state index in [9.17, 15) is 56.2 Å². The molecule has 2 saturated heterocycles. The van der Waals surface area contributed by atoms with Gasteiger partial charge in [-0.15, -0.1) is 0 Å². The summed E-state index contributed by atoms with van der Waals surface area (Å²) in [7, 11) is 0. The van der Waals surface area contributed by atoms with E-state index in [1.807, 2.05) is 0 Å². The molecule has 2 fully saturated rings. The summed E-state index contributed by atoms with van der Waals surface area (Å²) in [5.41, 5.74) is 0.127. The molecule has 10 atom stereocenters. The first-order chi connectivity index (χ1) is 20.4. The Balaban J connectivity index is 1.43. The van der Waals surface area contributed by atoms with Gasteiger partial charge in [0.15, 0.2) is 17.8 Å². The van der Waals surface area contributed by atoms with Gasteiger partial charge in [-0.25, -0.2) is 4.42 Å². The predicted octanol–water partition coefficient (Wildman–Crippen LogP) is -1.79. The summed E-state index contributed by atoms with van der Waals surface area (Å²) in [6.45, 7) is -1.31. The molecule has 0 amide bonds. The van der Waals surface area contributed by atoms with Crippen molar-refractivity contribution in [1.82, 2.24) is 0 Å². The fourth-order valence-corrected chi connectivity index (χ4v) is 4.81. The van der Waals surface area contributed by atoms with Gasteiger partial charge < -0.3 is 75.1 Å². The molecule has 5 rings (SSSR count). The Labute approximate surface area is 242 Å². The SMILES string of the molecule is OC[C@H]1O[C@@H](OC[C@@H]2O[C@@H](Oc3cc4c(O)cc(O)cc4[o+]c3-c3ccc(O)c(O)c3)[C@@H](O)[C@H](O)[C@@H]2O)[C@H](O)[C@@H](O)[C@@H]1O. The Morgan fingerprint density at radius 1 is 0.674 bits per heavy atom. The zero-order chi connectivity index (χ0) is 31.2. The highest BCUT2D eigenvalue weighted by Crippen LogP contribution is 2.42. The molecule has 0 aliphatic carbocycles. The van der Waals surface area contributed by atoms with Crippen molar-refractivity contribution in [2.24, 2.45) is 0 Å². The Morgan fingerprint density at radius 3 is 2.00 bits per heavy atom. The average molecular weight is 612 g/mol. The number of fused-ring (bicyclic) bond motifs is 1. The van der Waals surface area contributed by atoms with Crippen LogP contribution in [0, 0.1) is 0 Å². The summed E-state index contributed by atoms with van der Waals surface area (Å²) < 4.78 is 28.1. The minimum Gasteiger partial charge on any atom is -0.507 e. The number of aliphatic hydroxyl groups excluding tert-OH is 7. The van der Waals surface area contributed by atoms with Gasteiger partial charge in [0, 0.05) is 18.2 Å². The first kappa shape index (κ1) is 30.9. The van der Waals surface area contributed by atoms with E-state index in [-0.39, 0.29) is 33.8 Å². The largest absolute Gasteiger partial charge is 0.507 e. The van der Waals surface area contributed by atoms with Crippen LogP contribution in [0.5, 0.6) is 28.7 Å². The van der Waals surface area contributed by atoms with E-state index in [0.29, 0.717) is 0 Å². The lowest BCUT2D eigenvalue weighted by molar-refractivity contribution is -0.323. The molecule has 3 aromatic rings. The summed E-state index contributed by atoms with van der Waals surface area (Å²) >= 11 is 0. The summed E-state index contributed by atoms with van der Waals surface area (Å²) in [4.78, 5) is 0. The van der Waals surface area contributed by atoms with E-state index in [0.717, 1.165) is 18.2 Å². The van der Waals surface area contributed by atoms with Gasteiger partial charge >= 0.3 is 11.3 Å². The van der Waals surface area contributed by atoms with Crippen molar-refractivity contribution >= 4 is 11.0 Å². The summed E-state index contributed by atoms with van der Waals surface area (Å²) in [6.07, 6.45) is -16.6. The highest BCUT2D eigenvalue weighted by molar-refractivity contribution is 5.88. The second kappa shape index (κ2) is 12.2. The number of benzene rings is 2. The first-order valence-electron chi connectivity index (χ1n) is 13.0. The standard InChI is InChI=1S/C27H30O16/c28-7-17-19(33)21(35)23(37)26(42-17)39-8-18-20(34)22(36)24(38)27(43-18)41-16-6-11-13(31)4-10(29)5-15(11)40-25(16)9-1-2-12(30)14(32)3-9/h1-6,17-24,26-28,33-38H,7-8H2,(H3-,29,30,31,32)/p+1/t17-,18+,19-,20-,21+,22-,23-,24+,26-,27-/m1/s1. The summed E-state index contributed by atoms with van der Waals surface area (Å²) in [5, 5.41) is 111. The quantitative estimate of drug-likeness (QED) is 0.104. The predicted molar refractivity (Wildman–Crippen MR) is 140 cm³/mol. The van der Waals surface area contributed by atoms with Gasteiger partial charge in [-0.1, -0.05) is 0 Å². The van der Waals surface area contributed by atoms with E-state index in [1.54, 1.807) is 0 Å². The third-order valence-electron chi connectivity index (χ3n) is 7.24. The molecule has 2 aromatic carbocycles. The van der Waals surface area contributed by atoms with Gasteiger partial charge in [0.25, 0.3) is 0 Å². The summed E-state index contributed by atoms with van der Waals surface area (Å²) in [6, 6.07) is 7.13. The van der Waals surface area contributed by atoms with E-state index < -0.39 is 91.9 Å². The first-order valence-corrected chi connectivity index (χ1v) is 13.0. The smallest absolute Gasteiger partial charge is 0.402 e. The number of aliphatic hydroxyl groups is 7. The lowest BCUT2D eigenvalue weighted by Crippen LogP contribution is -2.62. The molecule has 16 heteroatoms. The molecule has 0 spiro atoms. The van der Waals surface area contributed by atoms with Crippen LogP contribution in [-0.2, 0) is 14.2 Å². The van der Waals surface area contributed by atoms with Crippen molar-refractivity contribution in [3.8, 4) is 40.1 Å². The molecule has 11 N–H and O–H groups in total. The molecule has 0 bridgehead atoms. The van der Waals surface area contributed by atoms with E-state index in [2.05, 4.69) is 0 Å². The van der Waals surface area contributed by atoms with Crippen LogP contribution in [0.2, 0.25) is 0 Å². The molecule has 0 radical (unpaired) electrons. The lowest BCUT2D eigenvalue weighted by Gasteiger charge is -2.42. The van der Waals surface area contributed by atoms with Crippen LogP contribution >= 0.6 is 0 Å². The van der Waals surface area contributed by atoms with Gasteiger partial charge in [0.1, 0.15) is 65.7 Å². The fourth-order valence-electron chi connectivity index (χ4n) is 4.81. The number of phenols is 4. The van der Waals surface area contributed by atoms with Crippen LogP contribution in [0.1, 0.15) is 0 Å². The van der Waals surface area contributed by atoms with Crippen LogP contribution in [0.4, 0.5) is 0 Å². The number of hydrogen-bond acceptors (Lipinski definition) is 15. The maximum atomic E-state index is 10.7. The van der Waals surface area contributed by atoms with Crippen molar-refractivity contribution in [3.05, 3.63) is 36.4 Å². The molecule has 2 aliphatic rings. The Kier molecular flexibility index (Phi) is 8.77. The maximum Gasteiger partial charge on any atom is 0.402 e. The van der Waals surface area contributed by atoms with Gasteiger partial charge in [-0.3, -0.25) is 0 Å². The van der Waals surface area contributed by atoms with Crippen molar-refractivity contribution in [1.29, 1.82) is 0 Å². The van der Waals surface area contributed by atoms with E-state index in [1.165, 1.54) is 18.2 Å². The third-order valence-corrected chi connectivity index (χ3v) is 7.24. The lowest BCUT2D eigenvalue weighted by atomic mass is 9.98. The Hall–Kier alpha value is -3.55. The molecule has 1 aromatic heterocycles. The van der Waals surface area contributed by atoms with Crippen LogP contribution in [0.3, 0.4) is 0 Å². The van der Waals surface area contributed by atoms with Crippen molar-refractivity contribution in [2.45, 2.75) is 61.4 Å². The fraction of sp³-hybridized carbons (Fsp3) is 0.444. The Bertz CT molecular complexity index is 1450. The molecule has 43 heavy (non-hydrogen) atoms. The molecular weight excluding hydrogens is 580 g/mol. The van der Waals surface area contributed by atoms with Crippen LogP contribution < -0.4 is 4.74 Å². The number of hydrogen-bond donors (Lipinski definition) is 11. The number of phenolic OH excluding ortho intramolecular Hbond substituents is 4. The summed E-state index contributed by atoms with van der Waals surface area (Å²) in [5.74, 6) is -2.02. The maximum absolute atomic E-state index is 10.7. The zero-order valence-corrected chi connectivity index (χ0v) is 22.1. The highest BCUT2D eigenvalue weighted by atomic mass is 16.7. The van der Waals surface area contributed by atoms with Gasteiger partial charge in [-0.05, 0) is 12.1 Å². The van der Waals surface area contributed by atoms with Gasteiger partial charge in [-0.2, -0.15) is 0 Å². The van der Waals surface area contributed by atoms with E-state index in [4.69, 9.17) is 23.4 Å². The van der Waals surface area contributed by atoms with Gasteiger partial charge in [0.05, 0.1) is 24.8 Å². The molecule has 3 heterocycles. The molecule has 234 valence electrons. The van der Waals surface area contributed by atoms with Crippen LogP contribution in [0.25, 0.3) is 22.3 Å². The highest BCUT2D eigenvalue weighted by Gasteiger charge is 2.48. The molecule has 0 unspecified atom stereocenters. The van der Waals surface area contributed by atoms with Crippen molar-refractivity contribution < 1.29 is 79.5 Å². The minimum atomic E-state index is -1.86. The second-order valence-corrected chi connectivity index (χ2v) is 10.2. The van der Waals surface area contributed by atoms with Crippen LogP contribution in [-0.4, -0.2) is 131 Å². The van der Waals surface area contributed by atoms with E-state index >= 15 is 0 Å². The van der Waals surface area contributed by atoms with Crippen molar-refractivity contribution in [2.75, 3.05) is 13.2 Å². The number of ether oxygens (including phenoxy) is 4. The van der Waals surface area contributed by atoms with Crippen LogP contribution in [0.15, 0.2) is 40.8 Å². The minimum absolute atomic E-state index is 0.0150. The normalized spacial score (nSPS) is 33.0. The topological polar surface area (TPSA) is 271 Å². The molecule has 0 saturated carbocycles. The Morgan fingerprint density at radius 2 is 1.33 bits per heavy atom. The zero-order valence-electron chi connectivity index (χ0n) is 22.1. The molecular formula is C27H31O16+.